The maximum atomic E-state index is 5.79. The second-order valence-electron chi connectivity index (χ2n) is 26.3. The number of allylic oxidation sites excluding steroid dienone is 4. The van der Waals surface area contributed by atoms with Crippen molar-refractivity contribution in [2.75, 3.05) is 14.2 Å². The van der Waals surface area contributed by atoms with Gasteiger partial charge in [-0.05, 0) is 282 Å². The number of thiophene rings is 5. The Labute approximate surface area is 594 Å². The standard InChI is InChI=1S/C88H75N3O2S5/c1-47-39-51(5)79(52(6)40-47)85-65-25-23-63(89-65)83(59-15-19-61(92-13)20-16-59)73-33-31-71(95-73)69-29-30-70(94-69)72-32-34-74(96-72)84(60-17-21-62(93-14)22-18-60)64-24-26-66(90-64)86(80-53(7)41-48(2)42-54(80)8)76-36-38-78(98-76)88(82-57(11)45-50(4)46-58(82)12)68-28-27-67(91-68)87(77-37-35-75(85)97-77)81-55(9)43-49(3)44-56(81)10/h15-46,91H,1-14H3. The number of fused-ring (bicyclic) bond motifs is 16. The third kappa shape index (κ3) is 11.9. The number of ether oxygens (including phenoxy) is 2. The van der Waals surface area contributed by atoms with Gasteiger partial charge in [0.2, 0.25) is 0 Å². The van der Waals surface area contributed by atoms with Crippen LogP contribution in [0.1, 0.15) is 121 Å². The monoisotopic (exact) mass is 1370 g/mol. The quantitative estimate of drug-likeness (QED) is 0.165. The van der Waals surface area contributed by atoms with Crippen LogP contribution in [0.2, 0.25) is 0 Å². The molecule has 0 unspecified atom stereocenters. The lowest BCUT2D eigenvalue weighted by Gasteiger charge is -2.16. The van der Waals surface area contributed by atoms with Crippen LogP contribution in [0.25, 0.3) is 52.9 Å². The Hall–Kier alpha value is -9.52. The Kier molecular flexibility index (Phi) is 17.1. The lowest BCUT2D eigenvalue weighted by molar-refractivity contribution is 0.414. The van der Waals surface area contributed by atoms with Crippen LogP contribution in [0.5, 0.6) is 11.5 Å². The molecule has 15 rings (SSSR count). The van der Waals surface area contributed by atoms with Crippen molar-refractivity contribution >= 4 is 102 Å². The number of hydrogen-bond acceptors (Lipinski definition) is 9. The molecule has 0 aliphatic carbocycles. The zero-order valence-electron chi connectivity index (χ0n) is 57.7. The molecular weight excluding hydrogens is 1290 g/mol. The van der Waals surface area contributed by atoms with Gasteiger partial charge in [0.1, 0.15) is 11.5 Å². The van der Waals surface area contributed by atoms with Crippen molar-refractivity contribution in [3.05, 3.63) is 345 Å². The summed E-state index contributed by atoms with van der Waals surface area (Å²) in [5.74, 6) is 1.61. The van der Waals surface area contributed by atoms with Crippen LogP contribution in [-0.2, 0) is 0 Å². The lowest BCUT2D eigenvalue weighted by Crippen LogP contribution is -2.13. The molecule has 6 aromatic carbocycles. The van der Waals surface area contributed by atoms with Gasteiger partial charge in [0.15, 0.2) is 0 Å². The first-order valence-corrected chi connectivity index (χ1v) is 37.3. The molecular formula is C88H75N3O2S5. The molecule has 10 heteroatoms. The van der Waals surface area contributed by atoms with Crippen molar-refractivity contribution in [1.82, 2.24) is 4.98 Å². The second kappa shape index (κ2) is 26.0. The Morgan fingerprint density at radius 2 is 0.551 bits per heavy atom. The fraction of sp³-hybridized carbons (Fsp3) is 0.159. The molecule has 484 valence electrons. The zero-order valence-corrected chi connectivity index (χ0v) is 61.8. The molecule has 0 atom stereocenters. The summed E-state index contributed by atoms with van der Waals surface area (Å²) in [5, 5.41) is 0. The fourth-order valence-corrected chi connectivity index (χ4v) is 20.8. The van der Waals surface area contributed by atoms with Gasteiger partial charge in [0.05, 0.1) is 37.0 Å². The third-order valence-corrected chi connectivity index (χ3v) is 24.9. The van der Waals surface area contributed by atoms with E-state index >= 15 is 0 Å². The summed E-state index contributed by atoms with van der Waals surface area (Å²) < 4.78 is 16.1. The molecule has 6 aromatic heterocycles. The number of H-pyrrole nitrogens is 1. The van der Waals surface area contributed by atoms with Gasteiger partial charge >= 0.3 is 0 Å². The molecule has 0 fully saturated rings. The molecule has 0 amide bonds. The Morgan fingerprint density at radius 3 is 0.857 bits per heavy atom. The first-order valence-electron chi connectivity index (χ1n) is 33.2. The number of rotatable bonds is 8. The number of aromatic amines is 1. The predicted octanol–water partition coefficient (Wildman–Crippen LogP) is 20.5. The van der Waals surface area contributed by atoms with Crippen molar-refractivity contribution in [2.24, 2.45) is 9.98 Å². The highest BCUT2D eigenvalue weighted by molar-refractivity contribution is 7.27. The number of methoxy groups -OCH3 is 2. The van der Waals surface area contributed by atoms with Crippen molar-refractivity contribution in [2.45, 2.75) is 83.1 Å². The average molecular weight is 1370 g/mol. The zero-order chi connectivity index (χ0) is 67.9. The minimum Gasteiger partial charge on any atom is -0.497 e. The van der Waals surface area contributed by atoms with Gasteiger partial charge in [-0.2, -0.15) is 0 Å². The molecule has 12 aromatic rings. The van der Waals surface area contributed by atoms with Crippen molar-refractivity contribution in [3.63, 3.8) is 0 Å². The molecule has 0 radical (unpaired) electrons. The number of aliphatic imine (C=N–C) groups is 2. The van der Waals surface area contributed by atoms with Crippen LogP contribution in [0.4, 0.5) is 0 Å². The van der Waals surface area contributed by atoms with Crippen LogP contribution >= 0.6 is 56.7 Å². The average Bonchev–Trinajstić information content (AvgIpc) is 1.57. The lowest BCUT2D eigenvalue weighted by atomic mass is 9.91. The van der Waals surface area contributed by atoms with Crippen molar-refractivity contribution < 1.29 is 9.47 Å². The van der Waals surface area contributed by atoms with E-state index in [2.05, 4.69) is 282 Å². The maximum Gasteiger partial charge on any atom is 0.118 e. The molecule has 1 N–H and O–H groups in total. The van der Waals surface area contributed by atoms with Crippen molar-refractivity contribution in [1.29, 1.82) is 0 Å². The largest absolute Gasteiger partial charge is 0.497 e. The third-order valence-electron chi connectivity index (χ3n) is 19.0. The van der Waals surface area contributed by atoms with Crippen molar-refractivity contribution in [3.8, 4) is 31.0 Å². The van der Waals surface area contributed by atoms with Gasteiger partial charge in [0, 0.05) is 92.2 Å². The van der Waals surface area contributed by atoms with E-state index in [1.807, 2.05) is 56.7 Å². The number of aromatic nitrogens is 1. The molecule has 9 heterocycles. The molecule has 0 spiro atoms. The van der Waals surface area contributed by atoms with Crippen LogP contribution in [0, 0.1) is 83.1 Å². The van der Waals surface area contributed by atoms with Gasteiger partial charge < -0.3 is 14.5 Å². The number of aryl methyl sites for hydroxylation is 12. The van der Waals surface area contributed by atoms with Gasteiger partial charge in [0.25, 0.3) is 0 Å². The molecule has 0 saturated carbocycles. The van der Waals surface area contributed by atoms with Crippen LogP contribution in [-0.4, -0.2) is 30.6 Å². The predicted molar refractivity (Wildman–Crippen MR) is 421 cm³/mol. The topological polar surface area (TPSA) is 59.0 Å². The molecule has 3 aliphatic heterocycles. The summed E-state index contributed by atoms with van der Waals surface area (Å²) >= 11 is 9.15. The maximum absolute atomic E-state index is 5.79. The van der Waals surface area contributed by atoms with E-state index in [0.29, 0.717) is 0 Å². The van der Waals surface area contributed by atoms with E-state index in [-0.39, 0.29) is 0 Å². The summed E-state index contributed by atoms with van der Waals surface area (Å²) in [7, 11) is 3.45. The summed E-state index contributed by atoms with van der Waals surface area (Å²) in [6, 6.07) is 63.3. The smallest absolute Gasteiger partial charge is 0.118 e. The number of hydrogen-bond donors (Lipinski definition) is 1. The molecule has 98 heavy (non-hydrogen) atoms. The Morgan fingerprint density at radius 1 is 0.276 bits per heavy atom. The first kappa shape index (κ1) is 64.5. The highest BCUT2D eigenvalue weighted by atomic mass is 32.1. The first-order chi connectivity index (χ1) is 47.4. The normalized spacial score (nSPS) is 13.9. The number of nitrogens with one attached hydrogen (secondary N) is 1. The van der Waals surface area contributed by atoms with E-state index in [0.717, 1.165) is 97.9 Å². The minimum atomic E-state index is 0.807. The molecule has 16 bridgehead atoms. The van der Waals surface area contributed by atoms with Crippen LogP contribution in [0.15, 0.2) is 216 Å². The highest BCUT2D eigenvalue weighted by Crippen LogP contribution is 2.46. The van der Waals surface area contributed by atoms with Gasteiger partial charge in [-0.3, -0.25) is 0 Å². The Balaban J connectivity index is 1.06. The van der Waals surface area contributed by atoms with Gasteiger partial charge in [-0.1, -0.05) is 95.1 Å². The van der Waals surface area contributed by atoms with E-state index in [1.54, 1.807) is 14.2 Å². The number of nitrogens with zero attached hydrogens (tertiary/aromatic N) is 2. The summed E-state index contributed by atoms with van der Waals surface area (Å²) in [6.07, 6.45) is 8.95. The van der Waals surface area contributed by atoms with Gasteiger partial charge in [-0.15, -0.1) is 56.7 Å². The SMILES string of the molecule is COc1ccc(C2=C3C=CC(=N3)C(c3c(C)cc(C)cc3C)=c3ccc(s3)=C(c3c(C)cc(C)cc3C)c3ccc([nH]3)C(c3c(C)cc(C)cc3C)=c3ccc(s3)=C(c3c(C)cc(C)cc3C)C3=NC(=C(c4ccc(OC)cc4)c4ccc(s4)-c4ccc(s4)-c4ccc2s4)C=C3)cc1. The number of benzene rings is 6. The van der Waals surface area contributed by atoms with Crippen LogP contribution < -0.4 is 27.6 Å². The molecule has 3 aliphatic rings. The summed E-state index contributed by atoms with van der Waals surface area (Å²) in [6.45, 7) is 26.9. The summed E-state index contributed by atoms with van der Waals surface area (Å²) in [4.78, 5) is 22.9. The second-order valence-corrected chi connectivity index (χ2v) is 31.8. The van der Waals surface area contributed by atoms with Gasteiger partial charge in [-0.25, -0.2) is 9.98 Å². The molecule has 0 saturated heterocycles. The Bertz CT molecular complexity index is 5330. The van der Waals surface area contributed by atoms with E-state index in [1.165, 1.54) is 129 Å². The fourth-order valence-electron chi connectivity index (χ4n) is 15.2. The van der Waals surface area contributed by atoms with E-state index < -0.39 is 0 Å². The highest BCUT2D eigenvalue weighted by Gasteiger charge is 2.27. The van der Waals surface area contributed by atoms with E-state index in [4.69, 9.17) is 19.5 Å². The summed E-state index contributed by atoms with van der Waals surface area (Å²) in [5.41, 5.74) is 34.3. The molecule has 5 nitrogen and oxygen atoms in total. The minimum absolute atomic E-state index is 0.807. The van der Waals surface area contributed by atoms with Crippen LogP contribution in [0.3, 0.4) is 0 Å². The van der Waals surface area contributed by atoms with E-state index in [9.17, 15) is 0 Å².